The molecule has 1 heterocycles. The van der Waals surface area contributed by atoms with Gasteiger partial charge in [-0.25, -0.2) is 4.98 Å². The summed E-state index contributed by atoms with van der Waals surface area (Å²) in [5.41, 5.74) is 1.06. The van der Waals surface area contributed by atoms with Crippen molar-refractivity contribution in [2.24, 2.45) is 0 Å². The number of rotatable bonds is 5. The molecule has 2 aromatic rings. The van der Waals surface area contributed by atoms with Crippen molar-refractivity contribution in [2.45, 2.75) is 38.0 Å². The number of carbonyl (C=O) groups is 1. The molecule has 0 bridgehead atoms. The first kappa shape index (κ1) is 14.0. The molecular weight excluding hydrogens is 334 g/mol. The Bertz CT molecular complexity index is 633. The standard InChI is InChI=1S/C16H16BrNOS/c1-10(12-3-2-4-13(17)7-12)14(19)8-16-18-9-15(20-16)11-5-6-11/h2-4,7,9-11H,5-6,8H2,1H3/t10-/m0/s1. The minimum Gasteiger partial charge on any atom is -0.299 e. The number of hydrogen-bond acceptors (Lipinski definition) is 3. The predicted octanol–water partition coefficient (Wildman–Crippen LogP) is 4.70. The number of aromatic nitrogens is 1. The Hall–Kier alpha value is -1.00. The third-order valence-corrected chi connectivity index (χ3v) is 5.36. The maximum absolute atomic E-state index is 12.4. The van der Waals surface area contributed by atoms with Crippen LogP contribution in [0.4, 0.5) is 0 Å². The van der Waals surface area contributed by atoms with Crippen LogP contribution >= 0.6 is 27.3 Å². The second-order valence-electron chi connectivity index (χ2n) is 5.35. The van der Waals surface area contributed by atoms with E-state index < -0.39 is 0 Å². The number of halogens is 1. The smallest absolute Gasteiger partial charge is 0.146 e. The van der Waals surface area contributed by atoms with Crippen molar-refractivity contribution < 1.29 is 4.79 Å². The number of nitrogens with zero attached hydrogens (tertiary/aromatic N) is 1. The molecule has 1 saturated carbocycles. The highest BCUT2D eigenvalue weighted by Gasteiger charge is 2.26. The highest BCUT2D eigenvalue weighted by Crippen LogP contribution is 2.42. The molecule has 0 amide bonds. The summed E-state index contributed by atoms with van der Waals surface area (Å²) in [5, 5.41) is 0.957. The minimum absolute atomic E-state index is 0.0826. The lowest BCUT2D eigenvalue weighted by molar-refractivity contribution is -0.119. The Morgan fingerprint density at radius 3 is 3.00 bits per heavy atom. The van der Waals surface area contributed by atoms with E-state index in [2.05, 4.69) is 20.9 Å². The average Bonchev–Trinajstić information content (AvgIpc) is 3.19. The van der Waals surface area contributed by atoms with Gasteiger partial charge in [0.15, 0.2) is 0 Å². The molecule has 0 radical (unpaired) electrons. The van der Waals surface area contributed by atoms with Gasteiger partial charge in [-0.2, -0.15) is 0 Å². The molecule has 1 aromatic carbocycles. The van der Waals surface area contributed by atoms with Crippen molar-refractivity contribution in [3.8, 4) is 0 Å². The summed E-state index contributed by atoms with van der Waals surface area (Å²) < 4.78 is 1.01. The molecule has 20 heavy (non-hydrogen) atoms. The first-order valence-electron chi connectivity index (χ1n) is 6.86. The van der Waals surface area contributed by atoms with Crippen molar-refractivity contribution >= 4 is 33.0 Å². The molecule has 1 aromatic heterocycles. The van der Waals surface area contributed by atoms with E-state index in [1.54, 1.807) is 11.3 Å². The SMILES string of the molecule is C[C@H](C(=O)Cc1ncc(C2CC2)s1)c1cccc(Br)c1. The zero-order valence-electron chi connectivity index (χ0n) is 11.3. The first-order chi connectivity index (χ1) is 9.63. The van der Waals surface area contributed by atoms with Gasteiger partial charge in [-0.1, -0.05) is 35.0 Å². The van der Waals surface area contributed by atoms with Gasteiger partial charge >= 0.3 is 0 Å². The van der Waals surface area contributed by atoms with Crippen LogP contribution in [0.3, 0.4) is 0 Å². The van der Waals surface area contributed by atoms with Gasteiger partial charge in [-0.3, -0.25) is 4.79 Å². The Kier molecular flexibility index (Phi) is 4.03. The molecule has 0 unspecified atom stereocenters. The van der Waals surface area contributed by atoms with Gasteiger partial charge in [0.2, 0.25) is 0 Å². The van der Waals surface area contributed by atoms with E-state index in [1.165, 1.54) is 17.7 Å². The molecule has 3 rings (SSSR count). The van der Waals surface area contributed by atoms with Gasteiger partial charge in [0.1, 0.15) is 10.8 Å². The molecule has 2 nitrogen and oxygen atoms in total. The monoisotopic (exact) mass is 349 g/mol. The van der Waals surface area contributed by atoms with Crippen LogP contribution < -0.4 is 0 Å². The first-order valence-corrected chi connectivity index (χ1v) is 8.47. The van der Waals surface area contributed by atoms with Gasteiger partial charge < -0.3 is 0 Å². The van der Waals surface area contributed by atoms with Crippen LogP contribution in [0.5, 0.6) is 0 Å². The van der Waals surface area contributed by atoms with Gasteiger partial charge in [0.05, 0.1) is 6.42 Å². The largest absolute Gasteiger partial charge is 0.299 e. The van der Waals surface area contributed by atoms with Crippen molar-refractivity contribution in [1.82, 2.24) is 4.98 Å². The molecule has 4 heteroatoms. The summed E-state index contributed by atoms with van der Waals surface area (Å²) in [6.45, 7) is 1.97. The molecule has 104 valence electrons. The number of thiazole rings is 1. The van der Waals surface area contributed by atoms with Crippen LogP contribution in [0.25, 0.3) is 0 Å². The Morgan fingerprint density at radius 1 is 1.50 bits per heavy atom. The van der Waals surface area contributed by atoms with Crippen LogP contribution in [0.2, 0.25) is 0 Å². The van der Waals surface area contributed by atoms with Crippen molar-refractivity contribution in [3.63, 3.8) is 0 Å². The number of hydrogen-bond donors (Lipinski definition) is 0. The quantitative estimate of drug-likeness (QED) is 0.782. The number of ketones is 1. The maximum Gasteiger partial charge on any atom is 0.146 e. The zero-order chi connectivity index (χ0) is 14.1. The molecule has 0 N–H and O–H groups in total. The van der Waals surface area contributed by atoms with Crippen molar-refractivity contribution in [1.29, 1.82) is 0 Å². The van der Waals surface area contributed by atoms with Gasteiger partial charge in [-0.05, 0) is 36.5 Å². The van der Waals surface area contributed by atoms with Gasteiger partial charge in [-0.15, -0.1) is 11.3 Å². The summed E-state index contributed by atoms with van der Waals surface area (Å²) in [5.74, 6) is 0.874. The lowest BCUT2D eigenvalue weighted by atomic mass is 9.95. The lowest BCUT2D eigenvalue weighted by Crippen LogP contribution is -2.11. The van der Waals surface area contributed by atoms with Crippen LogP contribution in [0.1, 0.15) is 47.0 Å². The van der Waals surface area contributed by atoms with Gasteiger partial charge in [0, 0.05) is 21.5 Å². The zero-order valence-corrected chi connectivity index (χ0v) is 13.7. The molecule has 1 atom stereocenters. The highest BCUT2D eigenvalue weighted by molar-refractivity contribution is 9.10. The molecule has 0 aliphatic heterocycles. The third kappa shape index (κ3) is 3.18. The van der Waals surface area contributed by atoms with E-state index in [-0.39, 0.29) is 11.7 Å². The Balaban J connectivity index is 1.68. The van der Waals surface area contributed by atoms with E-state index in [4.69, 9.17) is 0 Å². The minimum atomic E-state index is -0.0826. The van der Waals surface area contributed by atoms with Crippen molar-refractivity contribution in [3.05, 3.63) is 50.4 Å². The van der Waals surface area contributed by atoms with Crippen molar-refractivity contribution in [2.75, 3.05) is 0 Å². The summed E-state index contributed by atoms with van der Waals surface area (Å²) in [6, 6.07) is 7.96. The van der Waals surface area contributed by atoms with Crippen LogP contribution in [0.15, 0.2) is 34.9 Å². The molecular formula is C16H16BrNOS. The number of benzene rings is 1. The van der Waals surface area contributed by atoms with Crippen LogP contribution in [0, 0.1) is 0 Å². The molecule has 1 aliphatic rings. The lowest BCUT2D eigenvalue weighted by Gasteiger charge is -2.10. The summed E-state index contributed by atoms with van der Waals surface area (Å²) in [6.07, 6.45) is 4.97. The number of carbonyl (C=O) groups excluding carboxylic acids is 1. The van der Waals surface area contributed by atoms with E-state index in [0.717, 1.165) is 21.0 Å². The molecule has 1 aliphatic carbocycles. The van der Waals surface area contributed by atoms with E-state index >= 15 is 0 Å². The maximum atomic E-state index is 12.4. The summed E-state index contributed by atoms with van der Waals surface area (Å²) in [7, 11) is 0. The Morgan fingerprint density at radius 2 is 2.30 bits per heavy atom. The summed E-state index contributed by atoms with van der Waals surface area (Å²) in [4.78, 5) is 18.1. The topological polar surface area (TPSA) is 30.0 Å². The van der Waals surface area contributed by atoms with E-state index in [0.29, 0.717) is 6.42 Å². The third-order valence-electron chi connectivity index (χ3n) is 3.71. The summed E-state index contributed by atoms with van der Waals surface area (Å²) >= 11 is 5.16. The average molecular weight is 350 g/mol. The van der Waals surface area contributed by atoms with Crippen LogP contribution in [-0.2, 0) is 11.2 Å². The fourth-order valence-corrected chi connectivity index (χ4v) is 3.74. The Labute approximate surface area is 131 Å². The number of Topliss-reactive ketones (excluding diaryl/α,β-unsaturated/α-hetero) is 1. The second kappa shape index (κ2) is 5.78. The fourth-order valence-electron chi connectivity index (χ4n) is 2.23. The molecule has 1 fully saturated rings. The van der Waals surface area contributed by atoms with Gasteiger partial charge in [0.25, 0.3) is 0 Å². The predicted molar refractivity (Wildman–Crippen MR) is 85.4 cm³/mol. The molecule has 0 saturated heterocycles. The highest BCUT2D eigenvalue weighted by atomic mass is 79.9. The normalized spacial score (nSPS) is 16.1. The fraction of sp³-hybridized carbons (Fsp3) is 0.375. The molecule has 0 spiro atoms. The second-order valence-corrected chi connectivity index (χ2v) is 7.41. The van der Waals surface area contributed by atoms with E-state index in [9.17, 15) is 4.79 Å². The van der Waals surface area contributed by atoms with Crippen LogP contribution in [-0.4, -0.2) is 10.8 Å². The van der Waals surface area contributed by atoms with E-state index in [1.807, 2.05) is 37.4 Å².